The molecule has 0 atom stereocenters. The number of methoxy groups -OCH3 is 2. The van der Waals surface area contributed by atoms with Crippen molar-refractivity contribution in [1.29, 1.82) is 0 Å². The Hall–Kier alpha value is -1.62. The first kappa shape index (κ1) is 15.8. The van der Waals surface area contributed by atoms with Crippen molar-refractivity contribution in [2.45, 2.75) is 51.0 Å². The van der Waals surface area contributed by atoms with Gasteiger partial charge >= 0.3 is 0 Å². The van der Waals surface area contributed by atoms with Crippen LogP contribution < -0.4 is 10.1 Å². The Balaban J connectivity index is 2.15. The average Bonchev–Trinajstić information content (AvgIpc) is 2.75. The van der Waals surface area contributed by atoms with Crippen molar-refractivity contribution in [3.63, 3.8) is 0 Å². The van der Waals surface area contributed by atoms with Crippen molar-refractivity contribution in [1.82, 2.24) is 4.98 Å². The van der Waals surface area contributed by atoms with E-state index in [1.54, 1.807) is 20.3 Å². The highest BCUT2D eigenvalue weighted by Gasteiger charge is 2.38. The summed E-state index contributed by atoms with van der Waals surface area (Å²) in [4.78, 5) is 17.0. The van der Waals surface area contributed by atoms with Crippen molar-refractivity contribution >= 4 is 11.6 Å². The second-order valence-electron chi connectivity index (χ2n) is 5.55. The van der Waals surface area contributed by atoms with Crippen LogP contribution in [0.4, 0.5) is 5.69 Å². The third-order valence-electron chi connectivity index (χ3n) is 4.23. The molecule has 5 nitrogen and oxygen atoms in total. The third kappa shape index (κ3) is 3.53. The smallest absolute Gasteiger partial charge is 0.256 e. The van der Waals surface area contributed by atoms with Crippen molar-refractivity contribution in [2.75, 3.05) is 19.5 Å². The van der Waals surface area contributed by atoms with E-state index in [1.165, 1.54) is 12.8 Å². The Morgan fingerprint density at radius 3 is 2.38 bits per heavy atom. The van der Waals surface area contributed by atoms with Crippen LogP contribution in [-0.2, 0) is 9.53 Å². The molecule has 1 aromatic heterocycles. The van der Waals surface area contributed by atoms with Gasteiger partial charge in [-0.3, -0.25) is 4.79 Å². The highest BCUT2D eigenvalue weighted by atomic mass is 16.5. The molecular formula is C16H24N2O3. The summed E-state index contributed by atoms with van der Waals surface area (Å²) in [5.74, 6) is 0.475. The number of ether oxygens (including phenoxy) is 2. The van der Waals surface area contributed by atoms with Gasteiger partial charge in [-0.1, -0.05) is 25.7 Å². The van der Waals surface area contributed by atoms with Crippen LogP contribution in [0.25, 0.3) is 0 Å². The molecule has 1 fully saturated rings. The molecule has 21 heavy (non-hydrogen) atoms. The van der Waals surface area contributed by atoms with Crippen LogP contribution in [0.15, 0.2) is 12.1 Å². The molecule has 0 saturated heterocycles. The summed E-state index contributed by atoms with van der Waals surface area (Å²) in [7, 11) is 3.20. The van der Waals surface area contributed by atoms with Crippen LogP contribution in [0, 0.1) is 6.92 Å². The lowest BCUT2D eigenvalue weighted by molar-refractivity contribution is -0.139. The first-order valence-electron chi connectivity index (χ1n) is 7.49. The molecule has 116 valence electrons. The van der Waals surface area contributed by atoms with Gasteiger partial charge in [0.15, 0.2) is 0 Å². The molecule has 0 aliphatic heterocycles. The zero-order valence-electron chi connectivity index (χ0n) is 13.1. The van der Waals surface area contributed by atoms with Crippen LogP contribution in [0.1, 0.15) is 44.2 Å². The highest BCUT2D eigenvalue weighted by Crippen LogP contribution is 2.31. The molecule has 1 amide bonds. The van der Waals surface area contributed by atoms with Gasteiger partial charge in [0, 0.05) is 13.2 Å². The minimum Gasteiger partial charge on any atom is -0.481 e. The molecule has 1 saturated carbocycles. The van der Waals surface area contributed by atoms with Gasteiger partial charge in [0.1, 0.15) is 5.60 Å². The number of nitrogens with one attached hydrogen (secondary N) is 1. The molecule has 5 heteroatoms. The van der Waals surface area contributed by atoms with E-state index in [1.807, 2.05) is 13.0 Å². The molecule has 1 heterocycles. The monoisotopic (exact) mass is 292 g/mol. The van der Waals surface area contributed by atoms with E-state index in [9.17, 15) is 4.79 Å². The van der Waals surface area contributed by atoms with Gasteiger partial charge in [0.2, 0.25) is 5.88 Å². The number of anilines is 1. The van der Waals surface area contributed by atoms with Crippen LogP contribution in [-0.4, -0.2) is 30.7 Å². The number of carbonyl (C=O) groups excluding carboxylic acids is 1. The third-order valence-corrected chi connectivity index (χ3v) is 4.23. The van der Waals surface area contributed by atoms with Gasteiger partial charge in [0.05, 0.1) is 18.5 Å². The molecule has 1 aromatic rings. The van der Waals surface area contributed by atoms with Crippen molar-refractivity contribution < 1.29 is 14.3 Å². The summed E-state index contributed by atoms with van der Waals surface area (Å²) in [6.07, 6.45) is 5.95. The summed E-state index contributed by atoms with van der Waals surface area (Å²) < 4.78 is 10.7. The number of pyridine rings is 1. The summed E-state index contributed by atoms with van der Waals surface area (Å²) in [6.45, 7) is 1.85. The normalized spacial score (nSPS) is 17.9. The van der Waals surface area contributed by atoms with Crippen LogP contribution in [0.5, 0.6) is 5.88 Å². The van der Waals surface area contributed by atoms with E-state index in [0.717, 1.165) is 31.4 Å². The molecule has 0 radical (unpaired) electrons. The molecule has 0 bridgehead atoms. The van der Waals surface area contributed by atoms with Gasteiger partial charge in [0.25, 0.3) is 5.91 Å². The number of hydrogen-bond acceptors (Lipinski definition) is 4. The van der Waals surface area contributed by atoms with Crippen LogP contribution in [0.3, 0.4) is 0 Å². The quantitative estimate of drug-likeness (QED) is 0.866. The van der Waals surface area contributed by atoms with Crippen molar-refractivity contribution in [3.05, 3.63) is 17.8 Å². The summed E-state index contributed by atoms with van der Waals surface area (Å²) >= 11 is 0. The molecular weight excluding hydrogens is 268 g/mol. The molecule has 2 rings (SSSR count). The zero-order chi connectivity index (χ0) is 15.3. The van der Waals surface area contributed by atoms with Crippen LogP contribution >= 0.6 is 0 Å². The standard InChI is InChI=1S/C16H24N2O3/c1-12-13(8-9-14(17-12)20-2)18-15(19)16(21-3)10-6-4-5-7-11-16/h8-9H,4-7,10-11H2,1-3H3,(H,18,19). The predicted octanol–water partition coefficient (Wildman–Crippen LogP) is 3.08. The summed E-state index contributed by atoms with van der Waals surface area (Å²) in [5, 5.41) is 2.97. The van der Waals surface area contributed by atoms with E-state index in [-0.39, 0.29) is 5.91 Å². The van der Waals surface area contributed by atoms with Crippen molar-refractivity contribution in [2.24, 2.45) is 0 Å². The first-order chi connectivity index (χ1) is 10.1. The maximum absolute atomic E-state index is 12.7. The Morgan fingerprint density at radius 2 is 1.86 bits per heavy atom. The summed E-state index contributed by atoms with van der Waals surface area (Å²) in [5.41, 5.74) is 0.743. The SMILES string of the molecule is COc1ccc(NC(=O)C2(OC)CCCCCC2)c(C)n1. The lowest BCUT2D eigenvalue weighted by Gasteiger charge is -2.30. The van der Waals surface area contributed by atoms with Crippen LogP contribution in [0.2, 0.25) is 0 Å². The first-order valence-corrected chi connectivity index (χ1v) is 7.49. The Kier molecular flexibility index (Phi) is 5.17. The van der Waals surface area contributed by atoms with E-state index in [0.29, 0.717) is 11.6 Å². The number of carbonyl (C=O) groups is 1. The van der Waals surface area contributed by atoms with E-state index in [2.05, 4.69) is 10.3 Å². The Bertz CT molecular complexity index is 494. The van der Waals surface area contributed by atoms with E-state index in [4.69, 9.17) is 9.47 Å². The maximum atomic E-state index is 12.7. The maximum Gasteiger partial charge on any atom is 0.256 e. The number of aryl methyl sites for hydroxylation is 1. The molecule has 1 aliphatic rings. The second kappa shape index (κ2) is 6.89. The fourth-order valence-corrected chi connectivity index (χ4v) is 2.84. The second-order valence-corrected chi connectivity index (χ2v) is 5.55. The van der Waals surface area contributed by atoms with Gasteiger partial charge in [-0.25, -0.2) is 4.98 Å². The lowest BCUT2D eigenvalue weighted by Crippen LogP contribution is -2.44. The zero-order valence-corrected chi connectivity index (χ0v) is 13.1. The molecule has 0 spiro atoms. The van der Waals surface area contributed by atoms with Gasteiger partial charge < -0.3 is 14.8 Å². The van der Waals surface area contributed by atoms with Gasteiger partial charge in [-0.15, -0.1) is 0 Å². The minimum atomic E-state index is -0.705. The number of hydrogen-bond donors (Lipinski definition) is 1. The molecule has 0 unspecified atom stereocenters. The predicted molar refractivity (Wildman–Crippen MR) is 81.6 cm³/mol. The topological polar surface area (TPSA) is 60.5 Å². The van der Waals surface area contributed by atoms with E-state index < -0.39 is 5.60 Å². The Labute approximate surface area is 126 Å². The largest absolute Gasteiger partial charge is 0.481 e. The number of aromatic nitrogens is 1. The number of nitrogens with zero attached hydrogens (tertiary/aromatic N) is 1. The molecule has 0 aromatic carbocycles. The fraction of sp³-hybridized carbons (Fsp3) is 0.625. The van der Waals surface area contributed by atoms with Gasteiger partial charge in [-0.05, 0) is 25.8 Å². The lowest BCUT2D eigenvalue weighted by atomic mass is 9.93. The summed E-state index contributed by atoms with van der Waals surface area (Å²) in [6, 6.07) is 3.56. The number of amides is 1. The Morgan fingerprint density at radius 1 is 1.19 bits per heavy atom. The molecule has 1 N–H and O–H groups in total. The molecule has 1 aliphatic carbocycles. The van der Waals surface area contributed by atoms with Crippen molar-refractivity contribution in [3.8, 4) is 5.88 Å². The fourth-order valence-electron chi connectivity index (χ4n) is 2.84. The van der Waals surface area contributed by atoms with E-state index >= 15 is 0 Å². The number of rotatable bonds is 4. The average molecular weight is 292 g/mol. The van der Waals surface area contributed by atoms with Gasteiger partial charge in [-0.2, -0.15) is 0 Å². The minimum absolute atomic E-state index is 0.0676. The highest BCUT2D eigenvalue weighted by molar-refractivity contribution is 5.97.